The second-order valence-electron chi connectivity index (χ2n) is 8.30. The predicted molar refractivity (Wildman–Crippen MR) is 119 cm³/mol. The van der Waals surface area contributed by atoms with Gasteiger partial charge in [-0.15, -0.1) is 0 Å². The molecule has 0 spiro atoms. The van der Waals surface area contributed by atoms with Crippen molar-refractivity contribution in [2.75, 3.05) is 31.1 Å². The summed E-state index contributed by atoms with van der Waals surface area (Å²) in [7, 11) is 0. The summed E-state index contributed by atoms with van der Waals surface area (Å²) in [5.41, 5.74) is 2.75. The Balaban J connectivity index is 1.50. The van der Waals surface area contributed by atoms with Crippen LogP contribution in [0.4, 0.5) is 5.82 Å². The number of carbonyl (C=O) groups excluding carboxylic acids is 1. The summed E-state index contributed by atoms with van der Waals surface area (Å²) in [4.78, 5) is 22.9. The Kier molecular flexibility index (Phi) is 5.13. The molecule has 2 aromatic carbocycles. The molecule has 2 aliphatic heterocycles. The SMILES string of the molecule is CC1CN(C(=O)c2cc3ccccc3nc2N2CCCC2)CC(c2ccccc2)O1. The van der Waals surface area contributed by atoms with E-state index in [-0.39, 0.29) is 18.1 Å². The average molecular weight is 402 g/mol. The zero-order valence-electron chi connectivity index (χ0n) is 17.3. The lowest BCUT2D eigenvalue weighted by Crippen LogP contribution is -2.46. The van der Waals surface area contributed by atoms with Crippen molar-refractivity contribution in [1.29, 1.82) is 0 Å². The number of carbonyl (C=O) groups is 1. The van der Waals surface area contributed by atoms with E-state index >= 15 is 0 Å². The maximum absolute atomic E-state index is 13.7. The highest BCUT2D eigenvalue weighted by Gasteiger charge is 2.32. The van der Waals surface area contributed by atoms with Crippen molar-refractivity contribution in [2.45, 2.75) is 32.0 Å². The molecule has 0 saturated carbocycles. The highest BCUT2D eigenvalue weighted by atomic mass is 16.5. The molecule has 154 valence electrons. The standard InChI is InChI=1S/C25H27N3O2/c1-18-16-28(17-23(30-18)19-9-3-2-4-10-19)25(29)21-15-20-11-5-6-12-22(20)26-24(21)27-13-7-8-14-27/h2-6,9-12,15,18,23H,7-8,13-14,16-17H2,1H3. The van der Waals surface area contributed by atoms with Gasteiger partial charge in [-0.05, 0) is 37.5 Å². The third-order valence-electron chi connectivity index (χ3n) is 6.06. The first-order chi connectivity index (χ1) is 14.7. The number of para-hydroxylation sites is 1. The first-order valence-corrected chi connectivity index (χ1v) is 10.8. The highest BCUT2D eigenvalue weighted by molar-refractivity contribution is 6.02. The molecular formula is C25H27N3O2. The quantitative estimate of drug-likeness (QED) is 0.651. The minimum Gasteiger partial charge on any atom is -0.367 e. The lowest BCUT2D eigenvalue weighted by atomic mass is 10.0. The fourth-order valence-corrected chi connectivity index (χ4v) is 4.57. The Bertz CT molecular complexity index is 1050. The van der Waals surface area contributed by atoms with E-state index < -0.39 is 0 Å². The number of benzene rings is 2. The van der Waals surface area contributed by atoms with Crippen molar-refractivity contribution in [3.63, 3.8) is 0 Å². The van der Waals surface area contributed by atoms with E-state index in [9.17, 15) is 4.79 Å². The molecule has 2 atom stereocenters. The summed E-state index contributed by atoms with van der Waals surface area (Å²) in [6.45, 7) is 5.10. The maximum atomic E-state index is 13.7. The number of fused-ring (bicyclic) bond motifs is 1. The largest absolute Gasteiger partial charge is 0.367 e. The van der Waals surface area contributed by atoms with E-state index in [1.165, 1.54) is 0 Å². The van der Waals surface area contributed by atoms with Crippen LogP contribution in [0.3, 0.4) is 0 Å². The molecule has 0 aliphatic carbocycles. The van der Waals surface area contributed by atoms with Crippen molar-refractivity contribution in [1.82, 2.24) is 9.88 Å². The Morgan fingerprint density at radius 3 is 2.53 bits per heavy atom. The predicted octanol–water partition coefficient (Wildman–Crippen LogP) is 4.44. The van der Waals surface area contributed by atoms with Crippen molar-refractivity contribution >= 4 is 22.6 Å². The molecular weight excluding hydrogens is 374 g/mol. The fraction of sp³-hybridized carbons (Fsp3) is 0.360. The molecule has 1 amide bonds. The van der Waals surface area contributed by atoms with Crippen LogP contribution in [0.15, 0.2) is 60.7 Å². The lowest BCUT2D eigenvalue weighted by Gasteiger charge is -2.37. The third-order valence-corrected chi connectivity index (χ3v) is 6.06. The van der Waals surface area contributed by atoms with Crippen LogP contribution in [0.1, 0.15) is 41.8 Å². The molecule has 0 radical (unpaired) electrons. The summed E-state index contributed by atoms with van der Waals surface area (Å²) in [5.74, 6) is 0.873. The molecule has 5 heteroatoms. The average Bonchev–Trinajstić information content (AvgIpc) is 3.33. The van der Waals surface area contributed by atoms with Crippen molar-refractivity contribution < 1.29 is 9.53 Å². The number of anilines is 1. The minimum atomic E-state index is -0.109. The summed E-state index contributed by atoms with van der Waals surface area (Å²) < 4.78 is 6.17. The smallest absolute Gasteiger partial charge is 0.257 e. The van der Waals surface area contributed by atoms with Crippen molar-refractivity contribution in [3.8, 4) is 0 Å². The van der Waals surface area contributed by atoms with E-state index in [1.54, 1.807) is 0 Å². The van der Waals surface area contributed by atoms with Gasteiger partial charge >= 0.3 is 0 Å². The topological polar surface area (TPSA) is 45.7 Å². The van der Waals surface area contributed by atoms with Gasteiger partial charge in [-0.25, -0.2) is 4.98 Å². The molecule has 3 aromatic rings. The number of amides is 1. The second kappa shape index (κ2) is 8.07. The summed E-state index contributed by atoms with van der Waals surface area (Å²) in [6, 6.07) is 20.2. The first kappa shape index (κ1) is 19.1. The molecule has 2 unspecified atom stereocenters. The van der Waals surface area contributed by atoms with Gasteiger partial charge in [-0.2, -0.15) is 0 Å². The van der Waals surface area contributed by atoms with E-state index in [1.807, 2.05) is 60.4 Å². The van der Waals surface area contributed by atoms with Gasteiger partial charge in [0.15, 0.2) is 0 Å². The van der Waals surface area contributed by atoms with Crippen LogP contribution in [0.5, 0.6) is 0 Å². The molecule has 2 fully saturated rings. The number of pyridine rings is 1. The number of rotatable bonds is 3. The van der Waals surface area contributed by atoms with E-state index in [2.05, 4.69) is 17.0 Å². The maximum Gasteiger partial charge on any atom is 0.257 e. The van der Waals surface area contributed by atoms with Crippen LogP contribution in [0, 0.1) is 0 Å². The zero-order chi connectivity index (χ0) is 20.5. The van der Waals surface area contributed by atoms with Gasteiger partial charge in [0.1, 0.15) is 11.9 Å². The van der Waals surface area contributed by atoms with Crippen molar-refractivity contribution in [3.05, 3.63) is 71.8 Å². The Morgan fingerprint density at radius 1 is 1.00 bits per heavy atom. The van der Waals surface area contributed by atoms with Gasteiger partial charge in [-0.3, -0.25) is 4.79 Å². The van der Waals surface area contributed by atoms with Crippen LogP contribution in [-0.2, 0) is 4.74 Å². The Hall–Kier alpha value is -2.92. The number of ether oxygens (including phenoxy) is 1. The molecule has 5 nitrogen and oxygen atoms in total. The molecule has 0 N–H and O–H groups in total. The van der Waals surface area contributed by atoms with Gasteiger partial charge in [0.25, 0.3) is 5.91 Å². The van der Waals surface area contributed by atoms with E-state index in [4.69, 9.17) is 9.72 Å². The number of aromatic nitrogens is 1. The molecule has 3 heterocycles. The van der Waals surface area contributed by atoms with Gasteiger partial charge in [-0.1, -0.05) is 48.5 Å². The van der Waals surface area contributed by atoms with Crippen LogP contribution in [0.2, 0.25) is 0 Å². The van der Waals surface area contributed by atoms with Crippen LogP contribution in [-0.4, -0.2) is 48.1 Å². The van der Waals surface area contributed by atoms with Crippen LogP contribution < -0.4 is 4.90 Å². The number of hydrogen-bond donors (Lipinski definition) is 0. The van der Waals surface area contributed by atoms with Crippen LogP contribution >= 0.6 is 0 Å². The van der Waals surface area contributed by atoms with Gasteiger partial charge in [0, 0.05) is 25.0 Å². The summed E-state index contributed by atoms with van der Waals surface area (Å²) >= 11 is 0. The molecule has 0 bridgehead atoms. The monoisotopic (exact) mass is 401 g/mol. The fourth-order valence-electron chi connectivity index (χ4n) is 4.57. The number of hydrogen-bond acceptors (Lipinski definition) is 4. The van der Waals surface area contributed by atoms with Gasteiger partial charge < -0.3 is 14.5 Å². The van der Waals surface area contributed by atoms with E-state index in [0.717, 1.165) is 48.2 Å². The highest BCUT2D eigenvalue weighted by Crippen LogP contribution is 2.31. The number of nitrogens with zero attached hydrogens (tertiary/aromatic N) is 3. The molecule has 30 heavy (non-hydrogen) atoms. The Morgan fingerprint density at radius 2 is 1.73 bits per heavy atom. The third kappa shape index (κ3) is 3.65. The normalized spacial score (nSPS) is 21.9. The molecule has 1 aromatic heterocycles. The zero-order valence-corrected chi connectivity index (χ0v) is 17.3. The number of morpholine rings is 1. The summed E-state index contributed by atoms with van der Waals surface area (Å²) in [6.07, 6.45) is 2.17. The minimum absolute atomic E-state index is 0.0171. The first-order valence-electron chi connectivity index (χ1n) is 10.8. The lowest BCUT2D eigenvalue weighted by molar-refractivity contribution is -0.0691. The van der Waals surface area contributed by atoms with Crippen molar-refractivity contribution in [2.24, 2.45) is 0 Å². The van der Waals surface area contributed by atoms with Crippen LogP contribution in [0.25, 0.3) is 10.9 Å². The molecule has 2 saturated heterocycles. The van der Waals surface area contributed by atoms with Gasteiger partial charge in [0.2, 0.25) is 0 Å². The molecule has 2 aliphatic rings. The van der Waals surface area contributed by atoms with Gasteiger partial charge in [0.05, 0.1) is 23.7 Å². The molecule has 5 rings (SSSR count). The van der Waals surface area contributed by atoms with E-state index in [0.29, 0.717) is 18.7 Å². The second-order valence-corrected chi connectivity index (χ2v) is 8.30. The summed E-state index contributed by atoms with van der Waals surface area (Å²) in [5, 5.41) is 1.00. The Labute approximate surface area is 177 Å².